The molecule has 1 aromatic carbocycles. The fourth-order valence-electron chi connectivity index (χ4n) is 4.17. The fraction of sp³-hybridized carbons (Fsp3) is 0.680. The van der Waals surface area contributed by atoms with Crippen LogP contribution in [0.1, 0.15) is 58.4 Å². The summed E-state index contributed by atoms with van der Waals surface area (Å²) in [5, 5.41) is 0. The van der Waals surface area contributed by atoms with Gasteiger partial charge in [0.1, 0.15) is 12.2 Å². The highest BCUT2D eigenvalue weighted by Crippen LogP contribution is 2.22. The molecule has 32 heavy (non-hydrogen) atoms. The predicted octanol–water partition coefficient (Wildman–Crippen LogP) is 4.00. The number of carbonyl (C=O) groups excluding carboxylic acids is 2. The lowest BCUT2D eigenvalue weighted by atomic mass is 10.0. The summed E-state index contributed by atoms with van der Waals surface area (Å²) >= 11 is 0. The molecule has 0 saturated carbocycles. The number of carbonyl (C=O) groups is 2. The highest BCUT2D eigenvalue weighted by molar-refractivity contribution is 5.70. The zero-order valence-corrected chi connectivity index (χ0v) is 19.8. The third-order valence-corrected chi connectivity index (χ3v) is 5.88. The van der Waals surface area contributed by atoms with E-state index < -0.39 is 5.60 Å². The molecular weight excluding hydrogens is 408 g/mol. The van der Waals surface area contributed by atoms with Crippen molar-refractivity contribution < 1.29 is 23.8 Å². The van der Waals surface area contributed by atoms with E-state index in [1.54, 1.807) is 4.90 Å². The zero-order chi connectivity index (χ0) is 23.0. The van der Waals surface area contributed by atoms with Crippen LogP contribution >= 0.6 is 0 Å². The zero-order valence-electron chi connectivity index (χ0n) is 19.8. The third-order valence-electron chi connectivity index (χ3n) is 5.88. The highest BCUT2D eigenvalue weighted by atomic mass is 16.6. The first-order valence-corrected chi connectivity index (χ1v) is 11.8. The molecule has 0 radical (unpaired) electrons. The van der Waals surface area contributed by atoms with Gasteiger partial charge in [-0.05, 0) is 52.0 Å². The number of amides is 1. The van der Waals surface area contributed by atoms with Crippen LogP contribution in [0, 0.1) is 0 Å². The maximum atomic E-state index is 12.3. The molecule has 0 aromatic heterocycles. The summed E-state index contributed by atoms with van der Waals surface area (Å²) in [6.07, 6.45) is 4.30. The third kappa shape index (κ3) is 8.43. The second kappa shape index (κ2) is 11.7. The minimum absolute atomic E-state index is 0.134. The molecule has 2 fully saturated rings. The van der Waals surface area contributed by atoms with Crippen molar-refractivity contribution in [1.82, 2.24) is 9.80 Å². The topological polar surface area (TPSA) is 68.3 Å². The number of rotatable bonds is 7. The lowest BCUT2D eigenvalue weighted by Crippen LogP contribution is -2.44. The van der Waals surface area contributed by atoms with E-state index in [2.05, 4.69) is 4.90 Å². The van der Waals surface area contributed by atoms with Crippen LogP contribution in [-0.4, -0.2) is 72.4 Å². The Bertz CT molecular complexity index is 718. The number of ether oxygens (including phenoxy) is 3. The van der Waals surface area contributed by atoms with Crippen LogP contribution in [0.25, 0.3) is 0 Å². The van der Waals surface area contributed by atoms with Gasteiger partial charge in [0.2, 0.25) is 0 Å². The van der Waals surface area contributed by atoms with E-state index in [-0.39, 0.29) is 24.3 Å². The van der Waals surface area contributed by atoms with E-state index in [1.165, 1.54) is 0 Å². The summed E-state index contributed by atoms with van der Waals surface area (Å²) in [5.41, 5.74) is 0.572. The first-order valence-electron chi connectivity index (χ1n) is 11.8. The van der Waals surface area contributed by atoms with Crippen molar-refractivity contribution in [2.24, 2.45) is 0 Å². The van der Waals surface area contributed by atoms with E-state index in [1.807, 2.05) is 51.1 Å². The second-order valence-corrected chi connectivity index (χ2v) is 9.74. The van der Waals surface area contributed by atoms with E-state index in [0.717, 1.165) is 50.9 Å². The van der Waals surface area contributed by atoms with Crippen LogP contribution in [0.4, 0.5) is 4.79 Å². The molecule has 178 valence electrons. The Morgan fingerprint density at radius 2 is 1.53 bits per heavy atom. The van der Waals surface area contributed by atoms with Crippen molar-refractivity contribution in [1.29, 1.82) is 0 Å². The molecule has 7 nitrogen and oxygen atoms in total. The minimum Gasteiger partial charge on any atom is -0.460 e. The van der Waals surface area contributed by atoms with Gasteiger partial charge in [-0.1, -0.05) is 30.3 Å². The van der Waals surface area contributed by atoms with E-state index in [0.29, 0.717) is 26.1 Å². The molecule has 0 bridgehead atoms. The van der Waals surface area contributed by atoms with Crippen LogP contribution in [0.15, 0.2) is 30.3 Å². The fourth-order valence-corrected chi connectivity index (χ4v) is 4.17. The van der Waals surface area contributed by atoms with Crippen molar-refractivity contribution in [3.63, 3.8) is 0 Å². The first-order chi connectivity index (χ1) is 15.3. The van der Waals surface area contributed by atoms with Gasteiger partial charge in [-0.15, -0.1) is 0 Å². The minimum atomic E-state index is -0.424. The van der Waals surface area contributed by atoms with Crippen molar-refractivity contribution in [2.75, 3.05) is 32.7 Å². The summed E-state index contributed by atoms with van der Waals surface area (Å²) in [7, 11) is 0. The van der Waals surface area contributed by atoms with Crippen LogP contribution in [0.2, 0.25) is 0 Å². The molecule has 3 rings (SSSR count). The van der Waals surface area contributed by atoms with Gasteiger partial charge in [0.05, 0.1) is 18.6 Å². The molecule has 0 aliphatic carbocycles. The number of hydrogen-bond acceptors (Lipinski definition) is 6. The Morgan fingerprint density at radius 1 is 0.938 bits per heavy atom. The molecule has 2 aliphatic rings. The summed E-state index contributed by atoms with van der Waals surface area (Å²) in [6, 6.07) is 9.74. The average Bonchev–Trinajstić information content (AvgIpc) is 2.77. The van der Waals surface area contributed by atoms with Crippen LogP contribution in [-0.2, 0) is 25.6 Å². The van der Waals surface area contributed by atoms with Crippen molar-refractivity contribution >= 4 is 12.1 Å². The van der Waals surface area contributed by atoms with E-state index >= 15 is 0 Å². The first kappa shape index (κ1) is 24.5. The Kier molecular flexibility index (Phi) is 8.93. The monoisotopic (exact) mass is 446 g/mol. The molecule has 0 atom stereocenters. The number of nitrogens with zero attached hydrogens (tertiary/aromatic N) is 2. The summed E-state index contributed by atoms with van der Waals surface area (Å²) in [5.74, 6) is -0.134. The Morgan fingerprint density at radius 3 is 2.12 bits per heavy atom. The number of likely N-dealkylation sites (tertiary alicyclic amines) is 2. The largest absolute Gasteiger partial charge is 0.460 e. The van der Waals surface area contributed by atoms with Crippen LogP contribution in [0.3, 0.4) is 0 Å². The summed E-state index contributed by atoms with van der Waals surface area (Å²) in [4.78, 5) is 28.3. The maximum Gasteiger partial charge on any atom is 0.410 e. The quantitative estimate of drug-likeness (QED) is 0.590. The molecule has 2 aliphatic heterocycles. The molecule has 2 saturated heterocycles. The van der Waals surface area contributed by atoms with Gasteiger partial charge in [0, 0.05) is 32.7 Å². The van der Waals surface area contributed by atoms with Gasteiger partial charge in [0.25, 0.3) is 0 Å². The Labute approximate surface area is 192 Å². The van der Waals surface area contributed by atoms with Crippen molar-refractivity contribution in [3.8, 4) is 0 Å². The van der Waals surface area contributed by atoms with Crippen LogP contribution < -0.4 is 0 Å². The van der Waals surface area contributed by atoms with Gasteiger partial charge in [-0.2, -0.15) is 0 Å². The molecule has 1 aromatic rings. The van der Waals surface area contributed by atoms with Crippen molar-refractivity contribution in [3.05, 3.63) is 35.9 Å². The second-order valence-electron chi connectivity index (χ2n) is 9.74. The van der Waals surface area contributed by atoms with Crippen molar-refractivity contribution in [2.45, 2.75) is 77.3 Å². The normalized spacial score (nSPS) is 19.0. The predicted molar refractivity (Wildman–Crippen MR) is 122 cm³/mol. The van der Waals surface area contributed by atoms with Gasteiger partial charge >= 0.3 is 12.1 Å². The maximum absolute atomic E-state index is 12.3. The SMILES string of the molecule is CC(C)(C)OC(=O)CCN1CCC(OC2CCN(C(=O)OCc3ccccc3)CC2)CC1. The molecule has 0 unspecified atom stereocenters. The molecule has 2 heterocycles. The van der Waals surface area contributed by atoms with Gasteiger partial charge in [-0.3, -0.25) is 4.79 Å². The summed E-state index contributed by atoms with van der Waals surface area (Å²) < 4.78 is 17.2. The molecular formula is C25H38N2O5. The highest BCUT2D eigenvalue weighted by Gasteiger charge is 2.28. The van der Waals surface area contributed by atoms with Crippen LogP contribution in [0.5, 0.6) is 0 Å². The Balaban J connectivity index is 1.28. The van der Waals surface area contributed by atoms with E-state index in [4.69, 9.17) is 14.2 Å². The van der Waals surface area contributed by atoms with E-state index in [9.17, 15) is 9.59 Å². The number of benzene rings is 1. The number of piperidine rings is 2. The van der Waals surface area contributed by atoms with Gasteiger partial charge < -0.3 is 24.0 Å². The molecule has 1 amide bonds. The molecule has 0 spiro atoms. The average molecular weight is 447 g/mol. The summed E-state index contributed by atoms with van der Waals surface area (Å²) in [6.45, 7) is 9.97. The number of hydrogen-bond donors (Lipinski definition) is 0. The lowest BCUT2D eigenvalue weighted by Gasteiger charge is -2.36. The lowest BCUT2D eigenvalue weighted by molar-refractivity contribution is -0.155. The Hall–Kier alpha value is -2.12. The molecule has 7 heteroatoms. The van der Waals surface area contributed by atoms with Gasteiger partial charge in [-0.25, -0.2) is 4.79 Å². The van der Waals surface area contributed by atoms with Gasteiger partial charge in [0.15, 0.2) is 0 Å². The molecule has 0 N–H and O–H groups in total. The number of esters is 1. The smallest absolute Gasteiger partial charge is 0.410 e. The standard InChI is InChI=1S/C25H38N2O5/c1-25(2,3)32-23(28)13-16-26-14-9-21(10-15-26)31-22-11-17-27(18-12-22)24(29)30-19-20-7-5-4-6-8-20/h4-8,21-22H,9-19H2,1-3H3.